The molecule has 0 saturated heterocycles. The fraction of sp³-hybridized carbons (Fsp3) is 0. The van der Waals surface area contributed by atoms with Crippen LogP contribution in [0.15, 0.2) is 0 Å². The van der Waals surface area contributed by atoms with Crippen molar-refractivity contribution in [3.63, 3.8) is 0 Å². The van der Waals surface area contributed by atoms with Crippen LogP contribution in [0.25, 0.3) is 0 Å². The molecule has 0 aliphatic heterocycles. The van der Waals surface area contributed by atoms with Crippen molar-refractivity contribution in [2.24, 2.45) is 0 Å². The molecule has 0 heterocycles. The maximum absolute atomic E-state index is 8.76. The van der Waals surface area contributed by atoms with E-state index >= 15 is 0 Å². The molecule has 0 unspecified atom stereocenters. The molecule has 0 aromatic heterocycles. The van der Waals surface area contributed by atoms with Crippen molar-refractivity contribution in [2.45, 2.75) is 0 Å². The van der Waals surface area contributed by atoms with Crippen LogP contribution in [0.1, 0.15) is 0 Å². The van der Waals surface area contributed by atoms with Gasteiger partial charge in [0.05, 0.1) is 0 Å². The van der Waals surface area contributed by atoms with Crippen LogP contribution in [-0.4, -0.2) is 22.9 Å². The van der Waals surface area contributed by atoms with Gasteiger partial charge in [0.25, 0.3) is 0 Å². The van der Waals surface area contributed by atoms with Gasteiger partial charge in [-0.2, -0.15) is 0 Å². The molecule has 0 amide bonds. The molecule has 0 rings (SSSR count). The van der Waals surface area contributed by atoms with Gasteiger partial charge in [-0.05, 0) is 0 Å². The Morgan fingerprint density at radius 1 is 1.40 bits per heavy atom. The van der Waals surface area contributed by atoms with Gasteiger partial charge in [-0.15, -0.1) is 0 Å². The molecule has 2 N–H and O–H groups in total. The molecule has 5 heavy (non-hydrogen) atoms. The Labute approximate surface area is 44.2 Å². The van der Waals surface area contributed by atoms with Gasteiger partial charge in [-0.3, -0.25) is 0 Å². The summed E-state index contributed by atoms with van der Waals surface area (Å²) in [6.07, 6.45) is 0. The molecule has 0 saturated carbocycles. The average Bonchev–Trinajstić information content (AvgIpc) is 0.811. The van der Waals surface area contributed by atoms with E-state index in [4.69, 9.17) is 12.2 Å². The summed E-state index contributed by atoms with van der Waals surface area (Å²) in [7, 11) is 0. The van der Waals surface area contributed by atoms with Gasteiger partial charge in [0.15, 0.2) is 0 Å². The molecule has 37 valence electrons. The van der Waals surface area contributed by atoms with Gasteiger partial charge >= 0.3 is 26.7 Å². The van der Waals surface area contributed by atoms with Crippen LogP contribution in [0.3, 0.4) is 0 Å². The first-order valence-electron chi connectivity index (χ1n) is 0.532. The molecule has 0 bridgehead atoms. The molecule has 0 aliphatic carbocycles. The molecule has 3 nitrogen and oxygen atoms in total. The molecular weight excluding hydrogens is 191 g/mol. The Bertz CT molecular complexity index is 29.9. The van der Waals surface area contributed by atoms with E-state index in [0.717, 1.165) is 0 Å². The smallest absolute Gasteiger partial charge is 0 e. The predicted molar refractivity (Wildman–Crippen MR) is 10.9 cm³/mol. The van der Waals surface area contributed by atoms with Gasteiger partial charge in [0, 0.05) is 17.1 Å². The first-order chi connectivity index (χ1) is 1.73. The molecular formula is H2CuO3Se. The van der Waals surface area contributed by atoms with Gasteiger partial charge in [-0.25, -0.2) is 0 Å². The molecule has 0 spiro atoms. The summed E-state index contributed by atoms with van der Waals surface area (Å²) < 4.78 is 23.1. The summed E-state index contributed by atoms with van der Waals surface area (Å²) in [5, 5.41) is 0. The quantitative estimate of drug-likeness (QED) is 0.454. The largest absolute Gasteiger partial charge is 0 e. The first-order valence-corrected chi connectivity index (χ1v) is 2.76. The minimum Gasteiger partial charge on any atom is 0 e. The van der Waals surface area contributed by atoms with Crippen LogP contribution in [0.5, 0.6) is 0 Å². The van der Waals surface area contributed by atoms with Crippen molar-refractivity contribution < 1.29 is 29.3 Å². The summed E-state index contributed by atoms with van der Waals surface area (Å²) in [6.45, 7) is 0. The maximum Gasteiger partial charge on any atom is 0 e. The van der Waals surface area contributed by atoms with E-state index in [1.54, 1.807) is 0 Å². The Kier molecular flexibility index (Phi) is 8.79. The van der Waals surface area contributed by atoms with Crippen LogP contribution >= 0.6 is 0 Å². The third-order valence-electron chi connectivity index (χ3n) is 0. The molecule has 0 aliphatic rings. The summed E-state index contributed by atoms with van der Waals surface area (Å²) in [5.74, 6) is 0. The van der Waals surface area contributed by atoms with Gasteiger partial charge < -0.3 is 0 Å². The number of hydrogen-bond acceptors (Lipinski definition) is 1. The first kappa shape index (κ1) is 9.23. The number of rotatable bonds is 0. The van der Waals surface area contributed by atoms with Crippen LogP contribution in [0, 0.1) is 0 Å². The van der Waals surface area contributed by atoms with Gasteiger partial charge in [-0.1, -0.05) is 0 Å². The SMILES string of the molecule is O=[Se](O)O.[Cu]. The third-order valence-corrected chi connectivity index (χ3v) is 0. The van der Waals surface area contributed by atoms with Crippen LogP contribution in [0.2, 0.25) is 0 Å². The van der Waals surface area contributed by atoms with Crippen molar-refractivity contribution in [2.75, 3.05) is 0 Å². The monoisotopic (exact) mass is 193 g/mol. The summed E-state index contributed by atoms with van der Waals surface area (Å²) >= 11 is -3.29. The average molecular weight is 193 g/mol. The second kappa shape index (κ2) is 4.76. The zero-order valence-electron chi connectivity index (χ0n) is 2.01. The second-order valence-corrected chi connectivity index (χ2v) is 1.20. The van der Waals surface area contributed by atoms with E-state index in [1.165, 1.54) is 0 Å². The van der Waals surface area contributed by atoms with Crippen LogP contribution in [0.4, 0.5) is 0 Å². The fourth-order valence-electron chi connectivity index (χ4n) is 0. The molecule has 1 radical (unpaired) electrons. The van der Waals surface area contributed by atoms with E-state index in [-0.39, 0.29) is 17.1 Å². The van der Waals surface area contributed by atoms with Crippen LogP contribution < -0.4 is 0 Å². The molecule has 0 aromatic carbocycles. The maximum atomic E-state index is 8.76. The summed E-state index contributed by atoms with van der Waals surface area (Å²) in [6, 6.07) is 0. The minimum absolute atomic E-state index is 0. The van der Waals surface area contributed by atoms with E-state index in [9.17, 15) is 0 Å². The molecule has 0 atom stereocenters. The Hall–Kier alpha value is 0.759. The van der Waals surface area contributed by atoms with E-state index in [1.807, 2.05) is 0 Å². The fourth-order valence-corrected chi connectivity index (χ4v) is 0. The molecule has 5 heteroatoms. The van der Waals surface area contributed by atoms with E-state index in [2.05, 4.69) is 0 Å². The van der Waals surface area contributed by atoms with Crippen molar-refractivity contribution >= 4 is 14.5 Å². The Balaban J connectivity index is 0. The van der Waals surface area contributed by atoms with Crippen molar-refractivity contribution in [1.82, 2.24) is 0 Å². The van der Waals surface area contributed by atoms with E-state index < -0.39 is 14.5 Å². The summed E-state index contributed by atoms with van der Waals surface area (Å²) in [5.41, 5.74) is 0. The zero-order valence-corrected chi connectivity index (χ0v) is 4.67. The topological polar surface area (TPSA) is 57.5 Å². The second-order valence-electron chi connectivity index (χ2n) is 0.231. The predicted octanol–water partition coefficient (Wildman–Crippen LogP) is -1.62. The molecule has 0 fully saturated rings. The minimum atomic E-state index is -3.29. The number of hydrogen-bond donors (Lipinski definition) is 2. The Morgan fingerprint density at radius 2 is 1.40 bits per heavy atom. The normalized spacial score (nSPS) is 7.00. The standard InChI is InChI=1S/Cu.H2O3Se/c;1-4(2)3/h;(H2,1,2,3). The van der Waals surface area contributed by atoms with Crippen molar-refractivity contribution in [3.8, 4) is 0 Å². The van der Waals surface area contributed by atoms with Crippen LogP contribution in [-0.2, 0) is 20.9 Å². The van der Waals surface area contributed by atoms with Crippen molar-refractivity contribution in [3.05, 3.63) is 0 Å². The third kappa shape index (κ3) is 62.9. The van der Waals surface area contributed by atoms with Gasteiger partial charge in [0.1, 0.15) is 0 Å². The van der Waals surface area contributed by atoms with E-state index in [0.29, 0.717) is 0 Å². The summed E-state index contributed by atoms with van der Waals surface area (Å²) in [4.78, 5) is 0. The Morgan fingerprint density at radius 3 is 1.40 bits per heavy atom. The van der Waals surface area contributed by atoms with Gasteiger partial charge in [0.2, 0.25) is 0 Å². The zero-order chi connectivity index (χ0) is 3.58. The molecule has 0 aromatic rings. The van der Waals surface area contributed by atoms with Crippen molar-refractivity contribution in [1.29, 1.82) is 0 Å².